The maximum atomic E-state index is 11.8. The highest BCUT2D eigenvalue weighted by Gasteiger charge is 2.31. The van der Waals surface area contributed by atoms with E-state index in [9.17, 15) is 4.79 Å². The number of hydrogen-bond acceptors (Lipinski definition) is 3. The summed E-state index contributed by atoms with van der Waals surface area (Å²) in [5.41, 5.74) is -0.706. The number of hydrogen-bond donors (Lipinski definition) is 0. The van der Waals surface area contributed by atoms with E-state index in [4.69, 9.17) is 9.47 Å². The molecule has 0 radical (unpaired) electrons. The molecule has 0 aromatic heterocycles. The topological polar surface area (TPSA) is 35.5 Å². The quantitative estimate of drug-likeness (QED) is 0.561. The molecule has 0 N–H and O–H groups in total. The Morgan fingerprint density at radius 1 is 1.53 bits per heavy atom. The summed E-state index contributed by atoms with van der Waals surface area (Å²) in [6.45, 7) is 8.11. The predicted molar refractivity (Wildman–Crippen MR) is 79.2 cm³/mol. The Labute approximate surface area is 122 Å². The number of carbonyl (C=O) groups excluding carboxylic acids is 1. The largest absolute Gasteiger partial charge is 0.494 e. The molecule has 4 heteroatoms. The molecule has 19 heavy (non-hydrogen) atoms. The molecule has 1 atom stereocenters. The van der Waals surface area contributed by atoms with Crippen LogP contribution in [0.25, 0.3) is 0 Å². The first-order valence-electron chi connectivity index (χ1n) is 6.21. The summed E-state index contributed by atoms with van der Waals surface area (Å²) < 4.78 is 11.6. The van der Waals surface area contributed by atoms with Crippen LogP contribution < -0.4 is 4.74 Å². The smallest absolute Gasteiger partial charge is 0.315 e. The van der Waals surface area contributed by atoms with Crippen molar-refractivity contribution < 1.29 is 14.3 Å². The van der Waals surface area contributed by atoms with E-state index in [1.165, 1.54) is 0 Å². The molecule has 3 nitrogen and oxygen atoms in total. The average molecular weight is 327 g/mol. The summed E-state index contributed by atoms with van der Waals surface area (Å²) in [7, 11) is 0. The maximum Gasteiger partial charge on any atom is 0.315 e. The zero-order valence-electron chi connectivity index (χ0n) is 11.3. The van der Waals surface area contributed by atoms with E-state index >= 15 is 0 Å². The van der Waals surface area contributed by atoms with Gasteiger partial charge in [-0.25, -0.2) is 0 Å². The highest BCUT2D eigenvalue weighted by molar-refractivity contribution is 9.10. The van der Waals surface area contributed by atoms with E-state index in [2.05, 4.69) is 22.5 Å². The van der Waals surface area contributed by atoms with Gasteiger partial charge in [0.05, 0.1) is 18.6 Å². The van der Waals surface area contributed by atoms with Crippen LogP contribution in [0.1, 0.15) is 20.3 Å². The number of halogens is 1. The molecule has 1 unspecified atom stereocenters. The van der Waals surface area contributed by atoms with E-state index < -0.39 is 5.41 Å². The van der Waals surface area contributed by atoms with Crippen molar-refractivity contribution in [2.24, 2.45) is 5.41 Å². The van der Waals surface area contributed by atoms with E-state index in [1.54, 1.807) is 13.0 Å². The zero-order valence-corrected chi connectivity index (χ0v) is 12.9. The second-order valence-electron chi connectivity index (χ2n) is 4.40. The summed E-state index contributed by atoms with van der Waals surface area (Å²) in [4.78, 5) is 11.8. The summed E-state index contributed by atoms with van der Waals surface area (Å²) in [5.74, 6) is 0.507. The van der Waals surface area contributed by atoms with Crippen molar-refractivity contribution in [1.29, 1.82) is 0 Å². The molecule has 1 aromatic carbocycles. The Balaban J connectivity index is 2.54. The van der Waals surface area contributed by atoms with Crippen molar-refractivity contribution in [3.05, 3.63) is 41.4 Å². The maximum absolute atomic E-state index is 11.8. The summed E-state index contributed by atoms with van der Waals surface area (Å²) in [5, 5.41) is 0. The van der Waals surface area contributed by atoms with Crippen LogP contribution in [0, 0.1) is 5.41 Å². The molecule has 1 aromatic rings. The van der Waals surface area contributed by atoms with Crippen molar-refractivity contribution in [2.45, 2.75) is 20.3 Å². The SMILES string of the molecule is C=CC(C)(CCOc1cccc(Br)c1)C(=O)OCC. The molecular weight excluding hydrogens is 308 g/mol. The molecule has 0 amide bonds. The van der Waals surface area contributed by atoms with Crippen LogP contribution in [0.3, 0.4) is 0 Å². The molecule has 0 heterocycles. The van der Waals surface area contributed by atoms with Gasteiger partial charge in [-0.1, -0.05) is 28.1 Å². The van der Waals surface area contributed by atoms with E-state index in [0.717, 1.165) is 10.2 Å². The lowest BCUT2D eigenvalue weighted by atomic mass is 9.87. The third-order valence-electron chi connectivity index (χ3n) is 2.88. The van der Waals surface area contributed by atoms with Gasteiger partial charge in [0.2, 0.25) is 0 Å². The molecule has 1 rings (SSSR count). The fourth-order valence-electron chi connectivity index (χ4n) is 1.52. The van der Waals surface area contributed by atoms with Gasteiger partial charge in [-0.2, -0.15) is 0 Å². The minimum atomic E-state index is -0.706. The van der Waals surface area contributed by atoms with Gasteiger partial charge >= 0.3 is 5.97 Å². The molecule has 104 valence electrons. The van der Waals surface area contributed by atoms with Crippen LogP contribution >= 0.6 is 15.9 Å². The molecule has 0 fully saturated rings. The highest BCUT2D eigenvalue weighted by Crippen LogP contribution is 2.26. The van der Waals surface area contributed by atoms with E-state index in [-0.39, 0.29) is 5.97 Å². The van der Waals surface area contributed by atoms with Crippen LogP contribution in [0.5, 0.6) is 5.75 Å². The minimum absolute atomic E-state index is 0.261. The molecule has 0 bridgehead atoms. The summed E-state index contributed by atoms with van der Waals surface area (Å²) >= 11 is 3.38. The van der Waals surface area contributed by atoms with Gasteiger partial charge in [0, 0.05) is 10.9 Å². The standard InChI is InChI=1S/C15H19BrO3/c1-4-15(3,14(17)18-5-2)9-10-19-13-8-6-7-12(16)11-13/h4,6-8,11H,1,5,9-10H2,2-3H3. The van der Waals surface area contributed by atoms with E-state index in [0.29, 0.717) is 19.6 Å². The van der Waals surface area contributed by atoms with Crippen molar-refractivity contribution in [2.75, 3.05) is 13.2 Å². The first-order chi connectivity index (χ1) is 9.01. The zero-order chi connectivity index (χ0) is 14.3. The molecule has 0 aliphatic rings. The van der Waals surface area contributed by atoms with Gasteiger partial charge in [-0.15, -0.1) is 6.58 Å². The minimum Gasteiger partial charge on any atom is -0.494 e. The summed E-state index contributed by atoms with van der Waals surface area (Å²) in [6, 6.07) is 7.59. The molecule has 0 aliphatic heterocycles. The number of esters is 1. The number of benzene rings is 1. The Morgan fingerprint density at radius 3 is 2.84 bits per heavy atom. The van der Waals surface area contributed by atoms with Crippen LogP contribution in [0.15, 0.2) is 41.4 Å². The Bertz CT molecular complexity index is 445. The van der Waals surface area contributed by atoms with Crippen molar-refractivity contribution in [1.82, 2.24) is 0 Å². The van der Waals surface area contributed by atoms with Gasteiger partial charge in [0.25, 0.3) is 0 Å². The van der Waals surface area contributed by atoms with Gasteiger partial charge in [0.15, 0.2) is 0 Å². The molecular formula is C15H19BrO3. The molecule has 0 saturated heterocycles. The molecule has 0 aliphatic carbocycles. The van der Waals surface area contributed by atoms with Gasteiger partial charge < -0.3 is 9.47 Å². The van der Waals surface area contributed by atoms with Crippen molar-refractivity contribution in [3.8, 4) is 5.75 Å². The molecule has 0 spiro atoms. The lowest BCUT2D eigenvalue weighted by molar-refractivity contribution is -0.152. The second kappa shape index (κ2) is 7.34. The average Bonchev–Trinajstić information content (AvgIpc) is 2.39. The van der Waals surface area contributed by atoms with Crippen LogP contribution in [0.4, 0.5) is 0 Å². The Kier molecular flexibility index (Phi) is 6.09. The third kappa shape index (κ3) is 4.71. The number of carbonyl (C=O) groups is 1. The second-order valence-corrected chi connectivity index (χ2v) is 5.31. The Hall–Kier alpha value is -1.29. The predicted octanol–water partition coefficient (Wildman–Crippen LogP) is 3.97. The normalized spacial score (nSPS) is 13.4. The Morgan fingerprint density at radius 2 is 2.26 bits per heavy atom. The molecule has 0 saturated carbocycles. The monoisotopic (exact) mass is 326 g/mol. The van der Waals surface area contributed by atoms with Gasteiger partial charge in [0.1, 0.15) is 5.75 Å². The van der Waals surface area contributed by atoms with Crippen LogP contribution in [-0.4, -0.2) is 19.2 Å². The van der Waals surface area contributed by atoms with Crippen LogP contribution in [0.2, 0.25) is 0 Å². The fraction of sp³-hybridized carbons (Fsp3) is 0.400. The highest BCUT2D eigenvalue weighted by atomic mass is 79.9. The number of rotatable bonds is 7. The lowest BCUT2D eigenvalue weighted by Gasteiger charge is -2.23. The lowest BCUT2D eigenvalue weighted by Crippen LogP contribution is -2.29. The van der Waals surface area contributed by atoms with Gasteiger partial charge in [-0.05, 0) is 32.0 Å². The summed E-state index contributed by atoms with van der Waals surface area (Å²) in [6.07, 6.45) is 2.15. The number of ether oxygens (including phenoxy) is 2. The fourth-order valence-corrected chi connectivity index (χ4v) is 1.90. The van der Waals surface area contributed by atoms with Gasteiger partial charge in [-0.3, -0.25) is 4.79 Å². The van der Waals surface area contributed by atoms with Crippen molar-refractivity contribution >= 4 is 21.9 Å². The van der Waals surface area contributed by atoms with Crippen LogP contribution in [-0.2, 0) is 9.53 Å². The first kappa shape index (κ1) is 15.8. The van der Waals surface area contributed by atoms with Crippen molar-refractivity contribution in [3.63, 3.8) is 0 Å². The van der Waals surface area contributed by atoms with E-state index in [1.807, 2.05) is 31.2 Å². The first-order valence-corrected chi connectivity index (χ1v) is 7.00. The third-order valence-corrected chi connectivity index (χ3v) is 3.37.